The molecule has 1 amide bonds. The Morgan fingerprint density at radius 3 is 2.35 bits per heavy atom. The summed E-state index contributed by atoms with van der Waals surface area (Å²) in [5.41, 5.74) is 1.69. The van der Waals surface area contributed by atoms with Gasteiger partial charge in [0.15, 0.2) is 0 Å². The van der Waals surface area contributed by atoms with Crippen LogP contribution in [0.25, 0.3) is 0 Å². The summed E-state index contributed by atoms with van der Waals surface area (Å²) in [4.78, 5) is 24.7. The second kappa shape index (κ2) is 7.94. The Kier molecular flexibility index (Phi) is 6.58. The van der Waals surface area contributed by atoms with Gasteiger partial charge in [0.1, 0.15) is 6.54 Å². The number of hydrogen-bond acceptors (Lipinski definition) is 3. The Bertz CT molecular complexity index is 459. The van der Waals surface area contributed by atoms with E-state index in [1.165, 1.54) is 4.90 Å². The van der Waals surface area contributed by atoms with Gasteiger partial charge >= 0.3 is 5.97 Å². The monoisotopic (exact) mass is 295 g/mol. The predicted molar refractivity (Wildman–Crippen MR) is 82.1 cm³/mol. The fourth-order valence-corrected chi connectivity index (χ4v) is 2.40. The Morgan fingerprint density at radius 2 is 1.90 bits per heavy atom. The second-order valence-corrected chi connectivity index (χ2v) is 5.58. The summed E-state index contributed by atoms with van der Waals surface area (Å²) in [6.45, 7) is 3.54. The van der Waals surface area contributed by atoms with E-state index in [4.69, 9.17) is 5.11 Å². The van der Waals surface area contributed by atoms with E-state index >= 15 is 0 Å². The molecule has 0 spiro atoms. The fourth-order valence-electron chi connectivity index (χ4n) is 1.87. The van der Waals surface area contributed by atoms with Crippen LogP contribution in [0.1, 0.15) is 36.2 Å². The summed E-state index contributed by atoms with van der Waals surface area (Å²) in [5.74, 6) is -0.311. The Labute approximate surface area is 124 Å². The van der Waals surface area contributed by atoms with Gasteiger partial charge in [0.25, 0.3) is 5.91 Å². The molecule has 1 N–H and O–H groups in total. The molecule has 0 fully saturated rings. The Balaban J connectivity index is 2.90. The van der Waals surface area contributed by atoms with Gasteiger partial charge in [0, 0.05) is 17.4 Å². The Hall–Kier alpha value is -1.49. The standard InChI is InChI=1S/C15H21NO3S/c1-4-11(2)16(9-14(17)18)15(19)13-7-5-12(6-8-13)10-20-3/h5-8,11H,4,9-10H2,1-3H3,(H,17,18). The van der Waals surface area contributed by atoms with Crippen LogP contribution in [0.2, 0.25) is 0 Å². The van der Waals surface area contributed by atoms with Crippen molar-refractivity contribution in [2.45, 2.75) is 32.1 Å². The molecular formula is C15H21NO3S. The number of nitrogens with zero attached hydrogens (tertiary/aromatic N) is 1. The van der Waals surface area contributed by atoms with Gasteiger partial charge < -0.3 is 10.0 Å². The highest BCUT2D eigenvalue weighted by molar-refractivity contribution is 7.97. The normalized spacial score (nSPS) is 11.9. The minimum absolute atomic E-state index is 0.0931. The highest BCUT2D eigenvalue weighted by Gasteiger charge is 2.22. The van der Waals surface area contributed by atoms with Gasteiger partial charge in [-0.2, -0.15) is 11.8 Å². The number of amides is 1. The molecule has 0 aliphatic heterocycles. The molecule has 0 bridgehead atoms. The minimum Gasteiger partial charge on any atom is -0.480 e. The van der Waals surface area contributed by atoms with E-state index < -0.39 is 5.97 Å². The molecule has 1 unspecified atom stereocenters. The fraction of sp³-hybridized carbons (Fsp3) is 0.467. The lowest BCUT2D eigenvalue weighted by molar-refractivity contribution is -0.138. The van der Waals surface area contributed by atoms with Gasteiger partial charge in [-0.1, -0.05) is 19.1 Å². The van der Waals surface area contributed by atoms with Crippen molar-refractivity contribution in [1.82, 2.24) is 4.90 Å². The number of thioether (sulfide) groups is 1. The van der Waals surface area contributed by atoms with Crippen molar-refractivity contribution in [3.05, 3.63) is 35.4 Å². The number of hydrogen-bond donors (Lipinski definition) is 1. The minimum atomic E-state index is -0.988. The molecule has 1 atom stereocenters. The Morgan fingerprint density at radius 1 is 1.30 bits per heavy atom. The molecule has 20 heavy (non-hydrogen) atoms. The van der Waals surface area contributed by atoms with Crippen LogP contribution in [0, 0.1) is 0 Å². The summed E-state index contributed by atoms with van der Waals surface area (Å²) < 4.78 is 0. The van der Waals surface area contributed by atoms with Crippen LogP contribution in [-0.2, 0) is 10.5 Å². The van der Waals surface area contributed by atoms with E-state index in [0.717, 1.165) is 17.7 Å². The lowest BCUT2D eigenvalue weighted by Crippen LogP contribution is -2.41. The van der Waals surface area contributed by atoms with E-state index in [1.54, 1.807) is 23.9 Å². The largest absolute Gasteiger partial charge is 0.480 e. The van der Waals surface area contributed by atoms with E-state index in [9.17, 15) is 9.59 Å². The first-order chi connectivity index (χ1) is 9.49. The summed E-state index contributed by atoms with van der Waals surface area (Å²) >= 11 is 1.72. The maximum absolute atomic E-state index is 12.4. The highest BCUT2D eigenvalue weighted by Crippen LogP contribution is 2.14. The molecule has 0 aliphatic carbocycles. The molecule has 0 heterocycles. The van der Waals surface area contributed by atoms with Crippen LogP contribution in [-0.4, -0.2) is 40.7 Å². The van der Waals surface area contributed by atoms with Crippen molar-refractivity contribution >= 4 is 23.6 Å². The maximum Gasteiger partial charge on any atom is 0.323 e. The SMILES string of the molecule is CCC(C)N(CC(=O)O)C(=O)c1ccc(CSC)cc1. The van der Waals surface area contributed by atoms with Crippen LogP contribution < -0.4 is 0 Å². The van der Waals surface area contributed by atoms with Crippen molar-refractivity contribution in [3.8, 4) is 0 Å². The summed E-state index contributed by atoms with van der Waals surface area (Å²) in [6.07, 6.45) is 2.75. The van der Waals surface area contributed by atoms with Crippen molar-refractivity contribution in [3.63, 3.8) is 0 Å². The van der Waals surface area contributed by atoms with Crippen molar-refractivity contribution in [1.29, 1.82) is 0 Å². The third-order valence-electron chi connectivity index (χ3n) is 3.20. The lowest BCUT2D eigenvalue weighted by atomic mass is 10.1. The molecule has 4 nitrogen and oxygen atoms in total. The van der Waals surface area contributed by atoms with Crippen molar-refractivity contribution in [2.24, 2.45) is 0 Å². The van der Waals surface area contributed by atoms with Crippen molar-refractivity contribution < 1.29 is 14.7 Å². The first-order valence-electron chi connectivity index (χ1n) is 6.60. The van der Waals surface area contributed by atoms with E-state index in [2.05, 4.69) is 0 Å². The molecule has 1 aromatic carbocycles. The first kappa shape index (κ1) is 16.6. The third kappa shape index (κ3) is 4.56. The van der Waals surface area contributed by atoms with Gasteiger partial charge in [-0.3, -0.25) is 9.59 Å². The number of rotatable bonds is 7. The van der Waals surface area contributed by atoms with E-state index in [1.807, 2.05) is 32.2 Å². The maximum atomic E-state index is 12.4. The summed E-state index contributed by atoms with van der Waals surface area (Å²) in [7, 11) is 0. The zero-order chi connectivity index (χ0) is 15.1. The molecule has 110 valence electrons. The van der Waals surface area contributed by atoms with Gasteiger partial charge in [-0.05, 0) is 37.3 Å². The van der Waals surface area contributed by atoms with E-state index in [-0.39, 0.29) is 18.5 Å². The molecule has 5 heteroatoms. The average molecular weight is 295 g/mol. The molecule has 1 aromatic rings. The quantitative estimate of drug-likeness (QED) is 0.840. The lowest BCUT2D eigenvalue weighted by Gasteiger charge is -2.27. The van der Waals surface area contributed by atoms with Gasteiger partial charge in [-0.25, -0.2) is 0 Å². The number of aliphatic carboxylic acids is 1. The number of carbonyl (C=O) groups is 2. The van der Waals surface area contributed by atoms with Crippen LogP contribution in [0.3, 0.4) is 0 Å². The van der Waals surface area contributed by atoms with Crippen LogP contribution in [0.15, 0.2) is 24.3 Å². The summed E-state index contributed by atoms with van der Waals surface area (Å²) in [5, 5.41) is 8.94. The van der Waals surface area contributed by atoms with E-state index in [0.29, 0.717) is 5.56 Å². The topological polar surface area (TPSA) is 57.6 Å². The van der Waals surface area contributed by atoms with Gasteiger partial charge in [0.05, 0.1) is 0 Å². The molecule has 0 saturated heterocycles. The number of carboxylic acid groups (broad SMARTS) is 1. The molecule has 0 aliphatic rings. The third-order valence-corrected chi connectivity index (χ3v) is 3.82. The zero-order valence-electron chi connectivity index (χ0n) is 12.1. The first-order valence-corrected chi connectivity index (χ1v) is 7.99. The number of carbonyl (C=O) groups excluding carboxylic acids is 1. The predicted octanol–water partition coefficient (Wildman–Crippen LogP) is 2.87. The molecule has 0 saturated carbocycles. The smallest absolute Gasteiger partial charge is 0.323 e. The van der Waals surface area contributed by atoms with Crippen LogP contribution in [0.4, 0.5) is 0 Å². The number of carboxylic acids is 1. The van der Waals surface area contributed by atoms with Crippen molar-refractivity contribution in [2.75, 3.05) is 12.8 Å². The van der Waals surface area contributed by atoms with Gasteiger partial charge in [-0.15, -0.1) is 0 Å². The van der Waals surface area contributed by atoms with Gasteiger partial charge in [0.2, 0.25) is 0 Å². The zero-order valence-corrected chi connectivity index (χ0v) is 12.9. The second-order valence-electron chi connectivity index (χ2n) is 4.71. The summed E-state index contributed by atoms with van der Waals surface area (Å²) in [6, 6.07) is 7.28. The molecule has 0 aromatic heterocycles. The highest BCUT2D eigenvalue weighted by atomic mass is 32.2. The molecular weight excluding hydrogens is 274 g/mol. The number of benzene rings is 1. The van der Waals surface area contributed by atoms with Crippen LogP contribution >= 0.6 is 11.8 Å². The van der Waals surface area contributed by atoms with Crippen LogP contribution in [0.5, 0.6) is 0 Å². The molecule has 1 rings (SSSR count). The molecule has 0 radical (unpaired) electrons. The average Bonchev–Trinajstić information content (AvgIpc) is 2.44.